The number of rotatable bonds is 2. The summed E-state index contributed by atoms with van der Waals surface area (Å²) >= 11 is 0. The van der Waals surface area contributed by atoms with Crippen molar-refractivity contribution >= 4 is 14.2 Å². The normalized spacial score (nSPS) is 23.3. The monoisotopic (exact) mass is 283 g/mol. The van der Waals surface area contributed by atoms with Crippen LogP contribution < -0.4 is 0 Å². The summed E-state index contributed by atoms with van der Waals surface area (Å²) < 4.78 is 5.53. The van der Waals surface area contributed by atoms with Gasteiger partial charge < -0.3 is 9.64 Å². The van der Waals surface area contributed by atoms with Crippen molar-refractivity contribution in [3.63, 3.8) is 0 Å². The molecule has 1 unspecified atom stereocenters. The van der Waals surface area contributed by atoms with Gasteiger partial charge in [0, 0.05) is 12.1 Å². The molecule has 0 bridgehead atoms. The van der Waals surface area contributed by atoms with Crippen molar-refractivity contribution < 1.29 is 9.53 Å². The highest BCUT2D eigenvalue weighted by atomic mass is 28.3. The predicted molar refractivity (Wildman–Crippen MR) is 83.1 cm³/mol. The molecule has 0 spiro atoms. The summed E-state index contributed by atoms with van der Waals surface area (Å²) in [4.78, 5) is 14.2. The van der Waals surface area contributed by atoms with Crippen LogP contribution in [0.4, 0.5) is 4.79 Å². The third kappa shape index (κ3) is 3.85. The van der Waals surface area contributed by atoms with E-state index in [-0.39, 0.29) is 11.6 Å². The van der Waals surface area contributed by atoms with Crippen molar-refractivity contribution in [1.29, 1.82) is 0 Å². The molecule has 3 nitrogen and oxygen atoms in total. The van der Waals surface area contributed by atoms with E-state index in [2.05, 4.69) is 39.2 Å². The Labute approximate surface area is 119 Å². The Morgan fingerprint density at radius 3 is 2.37 bits per heavy atom. The van der Waals surface area contributed by atoms with Gasteiger partial charge in [-0.2, -0.15) is 0 Å². The minimum atomic E-state index is -1.46. The molecular weight excluding hydrogens is 254 g/mol. The molecule has 1 atom stereocenters. The van der Waals surface area contributed by atoms with Crippen LogP contribution in [0.15, 0.2) is 12.3 Å². The molecule has 110 valence electrons. The number of likely N-dealkylation sites (tertiary alicyclic amines) is 1. The quantitative estimate of drug-likeness (QED) is 0.710. The van der Waals surface area contributed by atoms with E-state index in [1.165, 1.54) is 0 Å². The molecule has 0 radical (unpaired) electrons. The van der Waals surface area contributed by atoms with Crippen LogP contribution in [0.25, 0.3) is 0 Å². The summed E-state index contributed by atoms with van der Waals surface area (Å²) in [6, 6.07) is 0. The van der Waals surface area contributed by atoms with E-state index in [9.17, 15) is 4.79 Å². The Bertz CT molecular complexity index is 369. The maximum atomic E-state index is 12.3. The van der Waals surface area contributed by atoms with Crippen LogP contribution in [0.5, 0.6) is 0 Å². The zero-order chi connectivity index (χ0) is 15.1. The number of amides is 1. The molecule has 1 fully saturated rings. The first-order valence-corrected chi connectivity index (χ1v) is 10.2. The highest BCUT2D eigenvalue weighted by Crippen LogP contribution is 2.42. The SMILES string of the molecule is C=C[Si](C)(C)C1CN(C(=O)OC(C)(C)C)C(C)(C)C1. The van der Waals surface area contributed by atoms with Gasteiger partial charge in [-0.05, 0) is 46.6 Å². The molecule has 4 heteroatoms. The van der Waals surface area contributed by atoms with Crippen molar-refractivity contribution in [3.05, 3.63) is 12.3 Å². The lowest BCUT2D eigenvalue weighted by atomic mass is 10.0. The van der Waals surface area contributed by atoms with Gasteiger partial charge in [-0.3, -0.25) is 0 Å². The Morgan fingerprint density at radius 1 is 1.42 bits per heavy atom. The zero-order valence-corrected chi connectivity index (χ0v) is 14.5. The topological polar surface area (TPSA) is 29.5 Å². The largest absolute Gasteiger partial charge is 0.444 e. The minimum absolute atomic E-state index is 0.125. The van der Waals surface area contributed by atoms with Crippen LogP contribution in [-0.4, -0.2) is 36.8 Å². The zero-order valence-electron chi connectivity index (χ0n) is 13.5. The fraction of sp³-hybridized carbons (Fsp3) is 0.800. The molecule has 0 aromatic carbocycles. The van der Waals surface area contributed by atoms with Gasteiger partial charge in [-0.25, -0.2) is 4.79 Å². The minimum Gasteiger partial charge on any atom is -0.444 e. The standard InChI is InChI=1S/C15H29NO2Si/c1-9-19(7,8)12-10-15(5,6)16(11-12)13(17)18-14(2,3)4/h9,12H,1,10-11H2,2-8H3. The molecule has 1 rings (SSSR count). The van der Waals surface area contributed by atoms with E-state index in [0.717, 1.165) is 13.0 Å². The molecule has 19 heavy (non-hydrogen) atoms. The average Bonchev–Trinajstić information content (AvgIpc) is 2.52. The van der Waals surface area contributed by atoms with Crippen LogP contribution in [0, 0.1) is 0 Å². The number of ether oxygens (including phenoxy) is 1. The fourth-order valence-electron chi connectivity index (χ4n) is 2.55. The second-order valence-corrected chi connectivity index (χ2v) is 12.7. The van der Waals surface area contributed by atoms with Crippen molar-refractivity contribution in [2.45, 2.75) is 70.8 Å². The van der Waals surface area contributed by atoms with E-state index < -0.39 is 13.7 Å². The third-order valence-electron chi connectivity index (χ3n) is 4.07. The summed E-state index contributed by atoms with van der Waals surface area (Å²) in [5.74, 6) is 0. The van der Waals surface area contributed by atoms with Crippen molar-refractivity contribution in [3.8, 4) is 0 Å². The van der Waals surface area contributed by atoms with E-state index in [1.807, 2.05) is 25.7 Å². The summed E-state index contributed by atoms with van der Waals surface area (Å²) in [7, 11) is -1.46. The molecule has 0 N–H and O–H groups in total. The fourth-order valence-corrected chi connectivity index (χ4v) is 4.56. The Hall–Kier alpha value is -0.773. The number of carbonyl (C=O) groups excluding carboxylic acids is 1. The lowest BCUT2D eigenvalue weighted by Gasteiger charge is -2.33. The summed E-state index contributed by atoms with van der Waals surface area (Å²) in [6.07, 6.45) is 0.853. The number of hydrogen-bond acceptors (Lipinski definition) is 2. The van der Waals surface area contributed by atoms with Gasteiger partial charge in [0.05, 0.1) is 8.07 Å². The number of carbonyl (C=O) groups is 1. The lowest BCUT2D eigenvalue weighted by molar-refractivity contribution is 0.0134. The smallest absolute Gasteiger partial charge is 0.410 e. The predicted octanol–water partition coefficient (Wildman–Crippen LogP) is 4.21. The first-order chi connectivity index (χ1) is 8.39. The Balaban J connectivity index is 2.86. The molecule has 0 aromatic rings. The average molecular weight is 283 g/mol. The summed E-state index contributed by atoms with van der Waals surface area (Å²) in [5.41, 5.74) is 2.14. The lowest BCUT2D eigenvalue weighted by Crippen LogP contribution is -2.45. The summed E-state index contributed by atoms with van der Waals surface area (Å²) in [5, 5.41) is 0. The van der Waals surface area contributed by atoms with Crippen molar-refractivity contribution in [2.75, 3.05) is 6.54 Å². The van der Waals surface area contributed by atoms with Gasteiger partial charge in [0.25, 0.3) is 0 Å². The van der Waals surface area contributed by atoms with Crippen molar-refractivity contribution in [2.24, 2.45) is 0 Å². The van der Waals surface area contributed by atoms with E-state index in [4.69, 9.17) is 4.74 Å². The van der Waals surface area contributed by atoms with Gasteiger partial charge in [0.15, 0.2) is 0 Å². The summed E-state index contributed by atoms with van der Waals surface area (Å²) in [6.45, 7) is 19.4. The van der Waals surface area contributed by atoms with E-state index in [1.54, 1.807) is 0 Å². The van der Waals surface area contributed by atoms with Gasteiger partial charge in [-0.15, -0.1) is 12.3 Å². The third-order valence-corrected chi connectivity index (χ3v) is 7.62. The maximum Gasteiger partial charge on any atom is 0.410 e. The van der Waals surface area contributed by atoms with Crippen LogP contribution in [0.2, 0.25) is 18.6 Å². The molecule has 0 aromatic heterocycles. The Kier molecular flexibility index (Phi) is 4.25. The second-order valence-electron chi connectivity index (χ2n) is 7.83. The molecule has 1 heterocycles. The first kappa shape index (κ1) is 16.3. The highest BCUT2D eigenvalue weighted by molar-refractivity contribution is 6.83. The molecule has 1 aliphatic rings. The van der Waals surface area contributed by atoms with Gasteiger partial charge in [0.2, 0.25) is 0 Å². The van der Waals surface area contributed by atoms with Crippen molar-refractivity contribution in [1.82, 2.24) is 4.90 Å². The number of hydrogen-bond donors (Lipinski definition) is 0. The second kappa shape index (κ2) is 4.96. The number of nitrogens with zero attached hydrogens (tertiary/aromatic N) is 1. The van der Waals surface area contributed by atoms with Crippen LogP contribution >= 0.6 is 0 Å². The molecule has 0 saturated carbocycles. The Morgan fingerprint density at radius 2 is 1.95 bits per heavy atom. The van der Waals surface area contributed by atoms with Gasteiger partial charge in [0.1, 0.15) is 5.60 Å². The molecule has 0 aliphatic carbocycles. The molecular formula is C15H29NO2Si. The van der Waals surface area contributed by atoms with Crippen LogP contribution in [0.3, 0.4) is 0 Å². The first-order valence-electron chi connectivity index (χ1n) is 7.03. The van der Waals surface area contributed by atoms with Gasteiger partial charge >= 0.3 is 6.09 Å². The molecule has 1 amide bonds. The van der Waals surface area contributed by atoms with E-state index in [0.29, 0.717) is 5.54 Å². The maximum absolute atomic E-state index is 12.3. The molecule has 1 aliphatic heterocycles. The van der Waals surface area contributed by atoms with Crippen LogP contribution in [0.1, 0.15) is 41.0 Å². The molecule has 1 saturated heterocycles. The van der Waals surface area contributed by atoms with E-state index >= 15 is 0 Å². The van der Waals surface area contributed by atoms with Gasteiger partial charge in [-0.1, -0.05) is 13.1 Å². The highest BCUT2D eigenvalue weighted by Gasteiger charge is 2.47. The van der Waals surface area contributed by atoms with Crippen LogP contribution in [-0.2, 0) is 4.74 Å².